The summed E-state index contributed by atoms with van der Waals surface area (Å²) >= 11 is 1.52. The van der Waals surface area contributed by atoms with Gasteiger partial charge in [-0.05, 0) is 43.6 Å². The second-order valence-electron chi connectivity index (χ2n) is 8.13. The van der Waals surface area contributed by atoms with Gasteiger partial charge in [0.2, 0.25) is 0 Å². The van der Waals surface area contributed by atoms with Crippen LogP contribution in [0.4, 0.5) is 5.82 Å². The highest BCUT2D eigenvalue weighted by molar-refractivity contribution is 7.05. The summed E-state index contributed by atoms with van der Waals surface area (Å²) in [6, 6.07) is 4.15. The van der Waals surface area contributed by atoms with E-state index in [1.807, 2.05) is 38.6 Å². The third-order valence-corrected chi connectivity index (χ3v) is 6.48. The molecule has 1 N–H and O–H groups in total. The highest BCUT2D eigenvalue weighted by Gasteiger charge is 2.16. The summed E-state index contributed by atoms with van der Waals surface area (Å²) in [6.07, 6.45) is 7.62. The summed E-state index contributed by atoms with van der Waals surface area (Å²) in [5.74, 6) is 1.67. The van der Waals surface area contributed by atoms with Gasteiger partial charge in [-0.2, -0.15) is 9.47 Å². The van der Waals surface area contributed by atoms with Crippen molar-refractivity contribution in [3.63, 3.8) is 0 Å². The molecule has 5 rings (SSSR count). The number of anilines is 1. The maximum atomic E-state index is 5.45. The standard InChI is InChI=1S/C22H28N8OS/c1-16-12-18(32-27-16)13-20-25-19-4-7-30(17-14-24-28(2)15-17)21(19)22(26-20)23-5-3-6-29-8-10-31-11-9-29/h4,7,12,14-15H,3,5-6,8-11,13H2,1-2H3,(H,23,25,26). The quantitative estimate of drug-likeness (QED) is 0.411. The molecule has 0 amide bonds. The molecule has 1 aliphatic rings. The van der Waals surface area contributed by atoms with E-state index in [0.29, 0.717) is 6.42 Å². The Bertz CT molecular complexity index is 1190. The summed E-state index contributed by atoms with van der Waals surface area (Å²) in [6.45, 7) is 7.61. The molecule has 0 unspecified atom stereocenters. The zero-order valence-electron chi connectivity index (χ0n) is 18.5. The van der Waals surface area contributed by atoms with E-state index in [2.05, 4.69) is 30.3 Å². The molecule has 4 aromatic heterocycles. The second kappa shape index (κ2) is 9.35. The van der Waals surface area contributed by atoms with Crippen LogP contribution in [0.2, 0.25) is 0 Å². The number of nitrogens with one attached hydrogen (secondary N) is 1. The van der Waals surface area contributed by atoms with Crippen LogP contribution in [-0.2, 0) is 18.2 Å². The first kappa shape index (κ1) is 21.0. The lowest BCUT2D eigenvalue weighted by Crippen LogP contribution is -2.37. The van der Waals surface area contributed by atoms with Crippen molar-refractivity contribution in [3.05, 3.63) is 47.1 Å². The number of fused-ring (bicyclic) bond motifs is 1. The van der Waals surface area contributed by atoms with Crippen molar-refractivity contribution in [2.24, 2.45) is 7.05 Å². The van der Waals surface area contributed by atoms with Gasteiger partial charge in [-0.25, -0.2) is 9.97 Å². The molecule has 32 heavy (non-hydrogen) atoms. The first-order valence-electron chi connectivity index (χ1n) is 11.0. The summed E-state index contributed by atoms with van der Waals surface area (Å²) in [5.41, 5.74) is 3.94. The maximum Gasteiger partial charge on any atom is 0.154 e. The predicted octanol–water partition coefficient (Wildman–Crippen LogP) is 2.64. The Labute approximate surface area is 191 Å². The Balaban J connectivity index is 1.40. The first-order chi connectivity index (χ1) is 15.7. The summed E-state index contributed by atoms with van der Waals surface area (Å²) in [7, 11) is 1.92. The van der Waals surface area contributed by atoms with Crippen molar-refractivity contribution in [3.8, 4) is 5.69 Å². The number of aryl methyl sites for hydroxylation is 2. The van der Waals surface area contributed by atoms with Gasteiger partial charge in [-0.1, -0.05) is 0 Å². The topological polar surface area (TPSA) is 85.9 Å². The lowest BCUT2D eigenvalue weighted by molar-refractivity contribution is 0.0378. The molecule has 5 heterocycles. The molecule has 1 fully saturated rings. The second-order valence-corrected chi connectivity index (χ2v) is 9.02. The molecule has 0 aliphatic carbocycles. The van der Waals surface area contributed by atoms with E-state index >= 15 is 0 Å². The molecule has 1 saturated heterocycles. The number of nitrogens with zero attached hydrogens (tertiary/aromatic N) is 7. The van der Waals surface area contributed by atoms with Crippen LogP contribution in [0.25, 0.3) is 16.7 Å². The van der Waals surface area contributed by atoms with Crippen molar-refractivity contribution < 1.29 is 4.74 Å². The van der Waals surface area contributed by atoms with E-state index in [-0.39, 0.29) is 0 Å². The maximum absolute atomic E-state index is 5.45. The number of hydrogen-bond donors (Lipinski definition) is 1. The smallest absolute Gasteiger partial charge is 0.154 e. The molecule has 4 aromatic rings. The zero-order valence-corrected chi connectivity index (χ0v) is 19.3. The fourth-order valence-electron chi connectivity index (χ4n) is 4.03. The van der Waals surface area contributed by atoms with E-state index < -0.39 is 0 Å². The van der Waals surface area contributed by atoms with Gasteiger partial charge in [0.1, 0.15) is 11.3 Å². The van der Waals surface area contributed by atoms with Gasteiger partial charge in [0.25, 0.3) is 0 Å². The largest absolute Gasteiger partial charge is 0.379 e. The molecular formula is C22H28N8OS. The fraction of sp³-hybridized carbons (Fsp3) is 0.455. The molecule has 0 bridgehead atoms. The van der Waals surface area contributed by atoms with Crippen molar-refractivity contribution in [2.75, 3.05) is 44.7 Å². The van der Waals surface area contributed by atoms with Gasteiger partial charge >= 0.3 is 0 Å². The summed E-state index contributed by atoms with van der Waals surface area (Å²) in [5, 5.41) is 7.92. The van der Waals surface area contributed by atoms with Crippen molar-refractivity contribution in [1.82, 2.24) is 33.6 Å². The molecular weight excluding hydrogens is 424 g/mol. The lowest BCUT2D eigenvalue weighted by atomic mass is 10.3. The minimum absolute atomic E-state index is 0.683. The molecule has 1 aliphatic heterocycles. The first-order valence-corrected chi connectivity index (χ1v) is 11.8. The van der Waals surface area contributed by atoms with Gasteiger partial charge < -0.3 is 14.6 Å². The van der Waals surface area contributed by atoms with Crippen LogP contribution in [0.5, 0.6) is 0 Å². The molecule has 0 radical (unpaired) electrons. The van der Waals surface area contributed by atoms with Gasteiger partial charge in [0.15, 0.2) is 5.82 Å². The lowest BCUT2D eigenvalue weighted by Gasteiger charge is -2.26. The van der Waals surface area contributed by atoms with Gasteiger partial charge in [-0.15, -0.1) is 0 Å². The molecule has 0 saturated carbocycles. The average Bonchev–Trinajstić information content (AvgIpc) is 3.52. The van der Waals surface area contributed by atoms with Crippen molar-refractivity contribution >= 4 is 28.4 Å². The van der Waals surface area contributed by atoms with Crippen molar-refractivity contribution in [1.29, 1.82) is 0 Å². The highest BCUT2D eigenvalue weighted by Crippen LogP contribution is 2.26. The molecule has 0 spiro atoms. The van der Waals surface area contributed by atoms with Gasteiger partial charge in [-0.3, -0.25) is 9.58 Å². The van der Waals surface area contributed by atoms with Crippen LogP contribution in [-0.4, -0.2) is 73.0 Å². The molecule has 10 heteroatoms. The molecule has 0 atom stereocenters. The number of rotatable bonds is 8. The molecule has 0 aromatic carbocycles. The number of hydrogen-bond acceptors (Lipinski definition) is 8. The molecule has 9 nitrogen and oxygen atoms in total. The van der Waals surface area contributed by atoms with Crippen molar-refractivity contribution in [2.45, 2.75) is 19.8 Å². The Kier molecular flexibility index (Phi) is 6.15. The SMILES string of the molecule is Cc1cc(Cc2nc(NCCCN3CCOCC3)c3c(ccn3-c3cnn(C)c3)n2)sn1. The Morgan fingerprint density at radius 1 is 1.22 bits per heavy atom. The average molecular weight is 453 g/mol. The Morgan fingerprint density at radius 3 is 2.84 bits per heavy atom. The van der Waals surface area contributed by atoms with Gasteiger partial charge in [0, 0.05) is 50.4 Å². The van der Waals surface area contributed by atoms with Crippen LogP contribution in [0.15, 0.2) is 30.7 Å². The van der Waals surface area contributed by atoms with Crippen LogP contribution < -0.4 is 5.32 Å². The van der Waals surface area contributed by atoms with E-state index in [4.69, 9.17) is 14.7 Å². The Hall–Kier alpha value is -2.82. The minimum Gasteiger partial charge on any atom is -0.379 e. The fourth-order valence-corrected chi connectivity index (χ4v) is 4.76. The van der Waals surface area contributed by atoms with Crippen LogP contribution in [0.1, 0.15) is 22.8 Å². The van der Waals surface area contributed by atoms with Crippen LogP contribution in [0, 0.1) is 6.92 Å². The third-order valence-electron chi connectivity index (χ3n) is 5.61. The third kappa shape index (κ3) is 4.67. The van der Waals surface area contributed by atoms with E-state index in [9.17, 15) is 0 Å². The number of ether oxygens (including phenoxy) is 1. The van der Waals surface area contributed by atoms with E-state index in [1.165, 1.54) is 16.4 Å². The number of aromatic nitrogens is 6. The van der Waals surface area contributed by atoms with E-state index in [1.54, 1.807) is 4.68 Å². The summed E-state index contributed by atoms with van der Waals surface area (Å²) < 4.78 is 13.7. The minimum atomic E-state index is 0.683. The number of morpholine rings is 1. The summed E-state index contributed by atoms with van der Waals surface area (Å²) in [4.78, 5) is 13.4. The van der Waals surface area contributed by atoms with Gasteiger partial charge in [0.05, 0.1) is 36.3 Å². The highest BCUT2D eigenvalue weighted by atomic mass is 32.1. The normalized spacial score (nSPS) is 14.9. The Morgan fingerprint density at radius 2 is 2.09 bits per heavy atom. The zero-order chi connectivity index (χ0) is 21.9. The monoisotopic (exact) mass is 452 g/mol. The van der Waals surface area contributed by atoms with Crippen LogP contribution >= 0.6 is 11.5 Å². The van der Waals surface area contributed by atoms with E-state index in [0.717, 1.165) is 79.9 Å². The predicted molar refractivity (Wildman–Crippen MR) is 126 cm³/mol. The molecule has 168 valence electrons. The van der Waals surface area contributed by atoms with Crippen LogP contribution in [0.3, 0.4) is 0 Å².